The minimum absolute atomic E-state index is 0.0869. The monoisotopic (exact) mass is 463 g/mol. The van der Waals surface area contributed by atoms with Crippen molar-refractivity contribution in [3.63, 3.8) is 0 Å². The van der Waals surface area contributed by atoms with Crippen molar-refractivity contribution in [2.75, 3.05) is 37.3 Å². The van der Waals surface area contributed by atoms with Gasteiger partial charge in [-0.1, -0.05) is 36.4 Å². The smallest absolute Gasteiger partial charge is 0.254 e. The van der Waals surface area contributed by atoms with Gasteiger partial charge in [-0.25, -0.2) is 12.8 Å². The van der Waals surface area contributed by atoms with Gasteiger partial charge >= 0.3 is 0 Å². The minimum atomic E-state index is -3.49. The van der Waals surface area contributed by atoms with Crippen molar-refractivity contribution in [3.05, 3.63) is 83.7 Å². The highest BCUT2D eigenvalue weighted by molar-refractivity contribution is 7.90. The number of carbonyl (C=O) groups is 1. The number of amides is 1. The van der Waals surface area contributed by atoms with Crippen LogP contribution in [0.2, 0.25) is 0 Å². The molecule has 3 aromatic rings. The Kier molecular flexibility index (Phi) is 6.16. The van der Waals surface area contributed by atoms with E-state index in [1.54, 1.807) is 23.1 Å². The predicted molar refractivity (Wildman–Crippen MR) is 124 cm³/mol. The molecule has 4 rings (SSSR count). The topological polar surface area (TPSA) is 81.5 Å². The number of nitriles is 1. The third kappa shape index (κ3) is 4.73. The van der Waals surface area contributed by atoms with Crippen molar-refractivity contribution in [1.82, 2.24) is 4.90 Å². The lowest BCUT2D eigenvalue weighted by Crippen LogP contribution is -2.49. The fraction of sp³-hybridized carbons (Fsp3) is 0.200. The molecule has 8 heteroatoms. The van der Waals surface area contributed by atoms with Crippen LogP contribution in [0.4, 0.5) is 10.1 Å². The first-order valence-corrected chi connectivity index (χ1v) is 12.3. The molecule has 0 radical (unpaired) electrons. The van der Waals surface area contributed by atoms with E-state index in [-0.39, 0.29) is 16.4 Å². The lowest BCUT2D eigenvalue weighted by molar-refractivity contribution is 0.0747. The number of hydrogen-bond acceptors (Lipinski definition) is 5. The lowest BCUT2D eigenvalue weighted by atomic mass is 9.98. The second kappa shape index (κ2) is 9.04. The number of benzene rings is 3. The molecule has 1 heterocycles. The summed E-state index contributed by atoms with van der Waals surface area (Å²) in [5.41, 5.74) is 2.45. The molecule has 1 aliphatic rings. The van der Waals surface area contributed by atoms with E-state index in [2.05, 4.69) is 0 Å². The number of sulfone groups is 1. The molecular formula is C25H22FN3O3S. The van der Waals surface area contributed by atoms with Gasteiger partial charge in [-0.2, -0.15) is 5.26 Å². The lowest BCUT2D eigenvalue weighted by Gasteiger charge is -2.36. The van der Waals surface area contributed by atoms with E-state index in [4.69, 9.17) is 5.26 Å². The summed E-state index contributed by atoms with van der Waals surface area (Å²) in [5.74, 6) is -0.736. The van der Waals surface area contributed by atoms with E-state index in [1.807, 2.05) is 41.3 Å². The second-order valence-corrected chi connectivity index (χ2v) is 9.92. The summed E-state index contributed by atoms with van der Waals surface area (Å²) in [4.78, 5) is 17.1. The maximum absolute atomic E-state index is 14.4. The maximum Gasteiger partial charge on any atom is 0.254 e. The summed E-state index contributed by atoms with van der Waals surface area (Å²) in [6.45, 7) is 1.55. The van der Waals surface area contributed by atoms with Gasteiger partial charge in [0.05, 0.1) is 22.2 Å². The molecule has 6 nitrogen and oxygen atoms in total. The van der Waals surface area contributed by atoms with Crippen LogP contribution >= 0.6 is 0 Å². The number of halogens is 1. The van der Waals surface area contributed by atoms with Gasteiger partial charge in [-0.15, -0.1) is 0 Å². The summed E-state index contributed by atoms with van der Waals surface area (Å²) in [5, 5.41) is 8.93. The van der Waals surface area contributed by atoms with Crippen molar-refractivity contribution in [2.45, 2.75) is 4.90 Å². The molecular weight excluding hydrogens is 441 g/mol. The van der Waals surface area contributed by atoms with Gasteiger partial charge < -0.3 is 9.80 Å². The first kappa shape index (κ1) is 22.5. The van der Waals surface area contributed by atoms with Gasteiger partial charge in [0.2, 0.25) is 0 Å². The molecule has 3 aromatic carbocycles. The van der Waals surface area contributed by atoms with Crippen LogP contribution in [0.1, 0.15) is 15.9 Å². The molecule has 0 bridgehead atoms. The number of anilines is 1. The first-order valence-electron chi connectivity index (χ1n) is 10.4. The molecule has 168 valence electrons. The van der Waals surface area contributed by atoms with Crippen LogP contribution in [-0.2, 0) is 9.84 Å². The van der Waals surface area contributed by atoms with Crippen molar-refractivity contribution in [3.8, 4) is 17.2 Å². The van der Waals surface area contributed by atoms with Crippen molar-refractivity contribution >= 4 is 21.4 Å². The summed E-state index contributed by atoms with van der Waals surface area (Å²) >= 11 is 0. The molecule has 0 aliphatic carbocycles. The van der Waals surface area contributed by atoms with Crippen molar-refractivity contribution in [1.29, 1.82) is 5.26 Å². The van der Waals surface area contributed by atoms with Crippen LogP contribution in [0.5, 0.6) is 0 Å². The minimum Gasteiger partial charge on any atom is -0.366 e. The molecule has 0 unspecified atom stereocenters. The van der Waals surface area contributed by atoms with Crippen LogP contribution in [-0.4, -0.2) is 51.7 Å². The van der Waals surface area contributed by atoms with E-state index in [0.717, 1.165) is 11.8 Å². The standard InChI is InChI=1S/C25H22FN3O3S/c1-33(31,32)20-8-9-21(19-5-3-2-4-6-19)22(16-20)25(30)29-13-11-28(12-14-29)24-10-7-18(17-27)15-23(24)26/h2-10,15-16H,11-14H2,1H3. The van der Waals surface area contributed by atoms with E-state index in [0.29, 0.717) is 43.0 Å². The van der Waals surface area contributed by atoms with Gasteiger partial charge in [0.25, 0.3) is 5.91 Å². The molecule has 1 saturated heterocycles. The zero-order chi connectivity index (χ0) is 23.6. The fourth-order valence-electron chi connectivity index (χ4n) is 3.95. The van der Waals surface area contributed by atoms with Gasteiger partial charge in [0.15, 0.2) is 9.84 Å². The Morgan fingerprint density at radius 2 is 1.67 bits per heavy atom. The summed E-state index contributed by atoms with van der Waals surface area (Å²) in [6.07, 6.45) is 1.11. The quantitative estimate of drug-likeness (QED) is 0.589. The van der Waals surface area contributed by atoms with Crippen molar-refractivity contribution in [2.24, 2.45) is 0 Å². The van der Waals surface area contributed by atoms with Crippen LogP contribution < -0.4 is 4.90 Å². The number of nitrogens with zero attached hydrogens (tertiary/aromatic N) is 3. The molecule has 33 heavy (non-hydrogen) atoms. The number of piperazine rings is 1. The number of hydrogen-bond donors (Lipinski definition) is 0. The van der Waals surface area contributed by atoms with Crippen LogP contribution in [0.25, 0.3) is 11.1 Å². The molecule has 0 aromatic heterocycles. The molecule has 1 fully saturated rings. The summed E-state index contributed by atoms with van der Waals surface area (Å²) in [7, 11) is -3.49. The highest BCUT2D eigenvalue weighted by Gasteiger charge is 2.26. The molecule has 1 amide bonds. The zero-order valence-corrected chi connectivity index (χ0v) is 18.8. The zero-order valence-electron chi connectivity index (χ0n) is 18.0. The van der Waals surface area contributed by atoms with Gasteiger partial charge in [0.1, 0.15) is 5.82 Å². The van der Waals surface area contributed by atoms with Crippen LogP contribution in [0.3, 0.4) is 0 Å². The number of carbonyl (C=O) groups excluding carboxylic acids is 1. The maximum atomic E-state index is 14.4. The Morgan fingerprint density at radius 1 is 0.970 bits per heavy atom. The summed E-state index contributed by atoms with van der Waals surface area (Å²) < 4.78 is 38.7. The summed E-state index contributed by atoms with van der Waals surface area (Å²) in [6, 6.07) is 20.2. The molecule has 0 saturated carbocycles. The third-order valence-electron chi connectivity index (χ3n) is 5.72. The molecule has 0 spiro atoms. The van der Waals surface area contributed by atoms with Crippen LogP contribution in [0, 0.1) is 17.1 Å². The van der Waals surface area contributed by atoms with E-state index < -0.39 is 15.7 Å². The largest absolute Gasteiger partial charge is 0.366 e. The number of rotatable bonds is 4. The average Bonchev–Trinajstić information content (AvgIpc) is 2.83. The molecule has 0 atom stereocenters. The molecule has 1 aliphatic heterocycles. The third-order valence-corrected chi connectivity index (χ3v) is 6.83. The molecule has 0 N–H and O–H groups in total. The van der Waals surface area contributed by atoms with Crippen LogP contribution in [0.15, 0.2) is 71.6 Å². The Labute approximate surface area is 192 Å². The predicted octanol–water partition coefficient (Wildman–Crippen LogP) is 3.73. The highest BCUT2D eigenvalue weighted by Crippen LogP contribution is 2.28. The SMILES string of the molecule is CS(=O)(=O)c1ccc(-c2ccccc2)c(C(=O)N2CCN(c3ccc(C#N)cc3F)CC2)c1. The Balaban J connectivity index is 1.60. The highest BCUT2D eigenvalue weighted by atomic mass is 32.2. The van der Waals surface area contributed by atoms with Crippen molar-refractivity contribution < 1.29 is 17.6 Å². The van der Waals surface area contributed by atoms with E-state index in [1.165, 1.54) is 18.2 Å². The average molecular weight is 464 g/mol. The van der Waals surface area contributed by atoms with E-state index >= 15 is 0 Å². The first-order chi connectivity index (χ1) is 15.8. The Hall–Kier alpha value is -3.70. The Bertz CT molecular complexity index is 1340. The second-order valence-electron chi connectivity index (χ2n) is 7.90. The van der Waals surface area contributed by atoms with E-state index in [9.17, 15) is 17.6 Å². The van der Waals surface area contributed by atoms with Gasteiger partial charge in [-0.3, -0.25) is 4.79 Å². The Morgan fingerprint density at radius 3 is 2.27 bits per heavy atom. The van der Waals surface area contributed by atoms with Gasteiger partial charge in [-0.05, 0) is 41.5 Å². The normalized spacial score (nSPS) is 14.1. The van der Waals surface area contributed by atoms with Gasteiger partial charge in [0, 0.05) is 38.0 Å². The fourth-order valence-corrected chi connectivity index (χ4v) is 4.60.